The van der Waals surface area contributed by atoms with E-state index in [0.29, 0.717) is 6.61 Å². The molecule has 2 aromatic carbocycles. The summed E-state index contributed by atoms with van der Waals surface area (Å²) in [7, 11) is 0. The van der Waals surface area contributed by atoms with E-state index in [1.165, 1.54) is 5.56 Å². The Morgan fingerprint density at radius 3 is 2.47 bits per heavy atom. The number of halogens is 1. The van der Waals surface area contributed by atoms with E-state index >= 15 is 0 Å². The average molecular weight is 301 g/mol. The van der Waals surface area contributed by atoms with Crippen molar-refractivity contribution in [1.82, 2.24) is 0 Å². The van der Waals surface area contributed by atoms with Crippen molar-refractivity contribution < 1.29 is 21.7 Å². The Bertz CT molecular complexity index is 431. The molecule has 0 aromatic heterocycles. The van der Waals surface area contributed by atoms with E-state index in [1.54, 1.807) is 0 Å². The van der Waals surface area contributed by atoms with E-state index < -0.39 is 0 Å². The molecule has 3 heteroatoms. The van der Waals surface area contributed by atoms with Gasteiger partial charge in [0.05, 0.1) is 0 Å². The molecule has 84 valence electrons. The third-order valence-corrected chi connectivity index (χ3v) is 2.17. The molecule has 1 nitrogen and oxygen atoms in total. The van der Waals surface area contributed by atoms with Crippen LogP contribution in [0.1, 0.15) is 11.1 Å². The number of rotatable bonds is 3. The summed E-state index contributed by atoms with van der Waals surface area (Å²) in [5, 5.41) is 0. The number of aryl methyl sites for hydroxylation is 1. The zero-order valence-electron chi connectivity index (χ0n) is 9.82. The number of hydrogen-bond donors (Lipinski definition) is 0. The Hall–Kier alpha value is -0.514. The maximum Gasteiger partial charge on any atom is 2.00 e. The summed E-state index contributed by atoms with van der Waals surface area (Å²) in [5.41, 5.74) is 2.28. The van der Waals surface area contributed by atoms with Gasteiger partial charge in [0, 0.05) is 5.75 Å². The van der Waals surface area contributed by atoms with Crippen LogP contribution < -0.4 is 21.7 Å². The van der Waals surface area contributed by atoms with Gasteiger partial charge in [0.15, 0.2) is 0 Å². The van der Waals surface area contributed by atoms with Crippen LogP contribution in [-0.4, -0.2) is 23.1 Å². The summed E-state index contributed by atoms with van der Waals surface area (Å²) in [5.74, 6) is 0.898. The zero-order chi connectivity index (χ0) is 10.5. The predicted molar refractivity (Wildman–Crippen MR) is 66.5 cm³/mol. The zero-order valence-corrected chi connectivity index (χ0v) is 12.8. The summed E-state index contributed by atoms with van der Waals surface area (Å²) >= 11 is 0. The first-order valence-electron chi connectivity index (χ1n) is 5.00. The molecule has 0 N–H and O–H groups in total. The molecule has 0 bridgehead atoms. The minimum Gasteiger partial charge on any atom is -1.00 e. The smallest absolute Gasteiger partial charge is 1.00 e. The van der Waals surface area contributed by atoms with Crippen LogP contribution in [0.3, 0.4) is 0 Å². The van der Waals surface area contributed by atoms with Crippen molar-refractivity contribution in [3.8, 4) is 5.75 Å². The average Bonchev–Trinajstić information content (AvgIpc) is 2.28. The van der Waals surface area contributed by atoms with Gasteiger partial charge in [-0.25, -0.2) is 0 Å². The minimum absolute atomic E-state index is 0. The molecule has 0 radical (unpaired) electrons. The Balaban J connectivity index is 0.00000128. The van der Waals surface area contributed by atoms with E-state index in [4.69, 9.17) is 4.74 Å². The summed E-state index contributed by atoms with van der Waals surface area (Å²) in [4.78, 5) is 0. The van der Waals surface area contributed by atoms with Gasteiger partial charge in [0.1, 0.15) is 6.61 Å². The van der Waals surface area contributed by atoms with Crippen LogP contribution in [0.15, 0.2) is 48.5 Å². The Morgan fingerprint density at radius 1 is 1.12 bits per heavy atom. The van der Waals surface area contributed by atoms with Crippen LogP contribution in [0, 0.1) is 13.0 Å². The number of ether oxygens (including phenoxy) is 1. The molecule has 17 heavy (non-hydrogen) atoms. The van der Waals surface area contributed by atoms with Gasteiger partial charge in [-0.2, -0.15) is 17.7 Å². The van der Waals surface area contributed by atoms with E-state index in [-0.39, 0.29) is 40.0 Å². The second kappa shape index (κ2) is 8.56. The van der Waals surface area contributed by atoms with Gasteiger partial charge >= 0.3 is 23.1 Å². The molecule has 0 aliphatic heterocycles. The normalized spacial score (nSPS) is 8.76. The first-order chi connectivity index (χ1) is 7.34. The van der Waals surface area contributed by atoms with E-state index in [0.717, 1.165) is 11.3 Å². The van der Waals surface area contributed by atoms with Gasteiger partial charge in [-0.1, -0.05) is 37.3 Å². The molecule has 2 rings (SSSR count). The van der Waals surface area contributed by atoms with Crippen LogP contribution in [0.2, 0.25) is 0 Å². The van der Waals surface area contributed by atoms with Gasteiger partial charge in [0.2, 0.25) is 0 Å². The van der Waals surface area contributed by atoms with Crippen molar-refractivity contribution in [1.29, 1.82) is 0 Å². The predicted octanol–water partition coefficient (Wildman–Crippen LogP) is -0.00259. The molecule has 0 spiro atoms. The number of hydrogen-bond acceptors (Lipinski definition) is 1. The van der Waals surface area contributed by atoms with E-state index in [9.17, 15) is 0 Å². The first-order valence-corrected chi connectivity index (χ1v) is 5.00. The summed E-state index contributed by atoms with van der Waals surface area (Å²) in [6.07, 6.45) is 0. The van der Waals surface area contributed by atoms with Crippen LogP contribution >= 0.6 is 0 Å². The standard InChI is InChI=1S/C14H13O.BrH.Mg/c1-12-6-5-9-14(10-12)15-11-13-7-3-2-4-8-13;;/h2-5,7-10H,11H2,1H3;1H;/q-1;;+2/p-1. The second-order valence-electron chi connectivity index (χ2n) is 3.48. The molecule has 0 unspecified atom stereocenters. The first kappa shape index (κ1) is 16.5. The van der Waals surface area contributed by atoms with Crippen molar-refractivity contribution >= 4 is 23.1 Å². The third-order valence-electron chi connectivity index (χ3n) is 2.17. The molecule has 0 fully saturated rings. The van der Waals surface area contributed by atoms with Crippen molar-refractivity contribution in [2.75, 3.05) is 0 Å². The van der Waals surface area contributed by atoms with Crippen LogP contribution in [0.4, 0.5) is 0 Å². The molecule has 0 amide bonds. The summed E-state index contributed by atoms with van der Waals surface area (Å²) < 4.78 is 5.65. The second-order valence-corrected chi connectivity index (χ2v) is 3.48. The minimum atomic E-state index is 0. The molecule has 0 heterocycles. The molecular formula is C14H13BrMgO. The molecule has 0 atom stereocenters. The summed E-state index contributed by atoms with van der Waals surface area (Å²) in [6.45, 7) is 2.62. The van der Waals surface area contributed by atoms with Crippen molar-refractivity contribution in [3.05, 3.63) is 65.7 Å². The van der Waals surface area contributed by atoms with Crippen molar-refractivity contribution in [2.45, 2.75) is 13.5 Å². The fourth-order valence-corrected chi connectivity index (χ4v) is 1.39. The SMILES string of the molecule is Cc1[c-]ccc(OCc2ccccc2)c1.[Br-].[Mg+2]. The Morgan fingerprint density at radius 2 is 1.82 bits per heavy atom. The molecule has 2 aromatic rings. The fraction of sp³-hybridized carbons (Fsp3) is 0.143. The molecule has 0 saturated carbocycles. The van der Waals surface area contributed by atoms with Crippen molar-refractivity contribution in [2.24, 2.45) is 0 Å². The van der Waals surface area contributed by atoms with E-state index in [1.807, 2.05) is 43.3 Å². The molecular weight excluding hydrogens is 288 g/mol. The third kappa shape index (κ3) is 5.57. The Labute approximate surface area is 129 Å². The van der Waals surface area contributed by atoms with E-state index in [2.05, 4.69) is 18.2 Å². The quantitative estimate of drug-likeness (QED) is 0.573. The monoisotopic (exact) mass is 300 g/mol. The van der Waals surface area contributed by atoms with Gasteiger partial charge in [-0.15, -0.1) is 12.1 Å². The largest absolute Gasteiger partial charge is 2.00 e. The fourth-order valence-electron chi connectivity index (χ4n) is 1.39. The van der Waals surface area contributed by atoms with Gasteiger partial charge in [0.25, 0.3) is 0 Å². The van der Waals surface area contributed by atoms with Crippen LogP contribution in [0.25, 0.3) is 0 Å². The van der Waals surface area contributed by atoms with Gasteiger partial charge in [-0.05, 0) is 5.56 Å². The number of benzene rings is 2. The van der Waals surface area contributed by atoms with Crippen molar-refractivity contribution in [3.63, 3.8) is 0 Å². The van der Waals surface area contributed by atoms with Gasteiger partial charge < -0.3 is 21.7 Å². The Kier molecular flexibility index (Phi) is 8.30. The van der Waals surface area contributed by atoms with Gasteiger partial charge in [-0.3, -0.25) is 0 Å². The summed E-state index contributed by atoms with van der Waals surface area (Å²) in [6, 6.07) is 19.0. The van der Waals surface area contributed by atoms with Crippen LogP contribution in [-0.2, 0) is 6.61 Å². The maximum absolute atomic E-state index is 5.65. The molecule has 0 saturated heterocycles. The topological polar surface area (TPSA) is 9.23 Å². The maximum atomic E-state index is 5.65. The molecule has 0 aliphatic carbocycles. The van der Waals surface area contributed by atoms with Crippen LogP contribution in [0.5, 0.6) is 5.75 Å². The molecule has 0 aliphatic rings.